The van der Waals surface area contributed by atoms with Gasteiger partial charge in [-0.1, -0.05) is 18.2 Å². The van der Waals surface area contributed by atoms with Gasteiger partial charge in [0.15, 0.2) is 0 Å². The van der Waals surface area contributed by atoms with Gasteiger partial charge < -0.3 is 9.88 Å². The molecule has 2 aromatic rings. The highest BCUT2D eigenvalue weighted by atomic mass is 15.2. The highest BCUT2D eigenvalue weighted by Crippen LogP contribution is 2.14. The Balaban J connectivity index is 1.77. The van der Waals surface area contributed by atoms with Crippen LogP contribution in [0.15, 0.2) is 42.7 Å². The topological polar surface area (TPSA) is 33.1 Å². The summed E-state index contributed by atoms with van der Waals surface area (Å²) in [7, 11) is 2.18. The lowest BCUT2D eigenvalue weighted by Gasteiger charge is -2.23. The highest BCUT2D eigenvalue weighted by molar-refractivity contribution is 5.32. The number of aromatic nitrogens is 2. The van der Waals surface area contributed by atoms with Crippen molar-refractivity contribution in [2.45, 2.75) is 19.0 Å². The van der Waals surface area contributed by atoms with Crippen molar-refractivity contribution in [3.63, 3.8) is 0 Å². The van der Waals surface area contributed by atoms with Crippen LogP contribution in [0.5, 0.6) is 0 Å². The van der Waals surface area contributed by atoms with E-state index in [4.69, 9.17) is 0 Å². The van der Waals surface area contributed by atoms with E-state index in [0.717, 1.165) is 25.5 Å². The number of nitrogens with zero attached hydrogens (tertiary/aromatic N) is 3. The Kier molecular flexibility index (Phi) is 3.62. The maximum absolute atomic E-state index is 4.50. The zero-order chi connectivity index (χ0) is 13.1. The molecule has 3 rings (SSSR count). The predicted molar refractivity (Wildman–Crippen MR) is 76.3 cm³/mol. The van der Waals surface area contributed by atoms with Crippen LogP contribution in [0, 0.1) is 0 Å². The zero-order valence-electron chi connectivity index (χ0n) is 11.3. The first-order valence-corrected chi connectivity index (χ1v) is 6.83. The average Bonchev–Trinajstić information content (AvgIpc) is 3.11. The molecule has 1 unspecified atom stereocenters. The van der Waals surface area contributed by atoms with Gasteiger partial charge in [0, 0.05) is 30.7 Å². The summed E-state index contributed by atoms with van der Waals surface area (Å²) >= 11 is 0. The molecule has 4 nitrogen and oxygen atoms in total. The van der Waals surface area contributed by atoms with Gasteiger partial charge in [-0.15, -0.1) is 0 Å². The summed E-state index contributed by atoms with van der Waals surface area (Å²) in [6.45, 7) is 3.10. The first-order chi connectivity index (χ1) is 9.34. The smallest absolute Gasteiger partial charge is 0.127 e. The molecule has 0 saturated carbocycles. The number of benzene rings is 1. The van der Waals surface area contributed by atoms with Gasteiger partial charge in [0.25, 0.3) is 0 Å². The second-order valence-electron chi connectivity index (χ2n) is 5.11. The minimum Gasteiger partial charge on any atom is -0.315 e. The summed E-state index contributed by atoms with van der Waals surface area (Å²) in [4.78, 5) is 6.90. The minimum absolute atomic E-state index is 0.626. The number of hydrogen-bond acceptors (Lipinski definition) is 3. The van der Waals surface area contributed by atoms with E-state index in [0.29, 0.717) is 6.04 Å². The van der Waals surface area contributed by atoms with E-state index in [1.165, 1.54) is 12.1 Å². The van der Waals surface area contributed by atoms with Gasteiger partial charge >= 0.3 is 0 Å². The molecule has 0 radical (unpaired) electrons. The Morgan fingerprint density at radius 3 is 2.95 bits per heavy atom. The quantitative estimate of drug-likeness (QED) is 0.903. The Morgan fingerprint density at radius 2 is 2.21 bits per heavy atom. The molecule has 0 aliphatic carbocycles. The van der Waals surface area contributed by atoms with E-state index < -0.39 is 0 Å². The Morgan fingerprint density at radius 1 is 1.37 bits per heavy atom. The third-order valence-electron chi connectivity index (χ3n) is 3.80. The molecule has 1 atom stereocenters. The first kappa shape index (κ1) is 12.4. The van der Waals surface area contributed by atoms with Crippen LogP contribution >= 0.6 is 0 Å². The van der Waals surface area contributed by atoms with Gasteiger partial charge in [0.1, 0.15) is 5.82 Å². The number of hydrogen-bond donors (Lipinski definition) is 1. The molecule has 1 N–H and O–H groups in total. The average molecular weight is 256 g/mol. The molecule has 0 amide bonds. The van der Waals surface area contributed by atoms with Crippen LogP contribution in [0.2, 0.25) is 0 Å². The lowest BCUT2D eigenvalue weighted by molar-refractivity contribution is 0.242. The number of nitrogens with one attached hydrogen (secondary N) is 1. The van der Waals surface area contributed by atoms with E-state index in [1.807, 2.05) is 18.5 Å². The van der Waals surface area contributed by atoms with Crippen LogP contribution < -0.4 is 5.32 Å². The molecule has 0 spiro atoms. The molecule has 1 saturated heterocycles. The maximum Gasteiger partial charge on any atom is 0.127 e. The number of likely N-dealkylation sites (N-methyl/N-ethyl adjacent to an activating group) is 1. The fourth-order valence-electron chi connectivity index (χ4n) is 2.64. The second kappa shape index (κ2) is 5.55. The number of imidazole rings is 1. The van der Waals surface area contributed by atoms with Crippen LogP contribution in [0.25, 0.3) is 5.69 Å². The van der Waals surface area contributed by atoms with E-state index in [9.17, 15) is 0 Å². The summed E-state index contributed by atoms with van der Waals surface area (Å²) in [5, 5.41) is 3.41. The van der Waals surface area contributed by atoms with E-state index in [2.05, 4.69) is 51.1 Å². The van der Waals surface area contributed by atoms with Gasteiger partial charge in [-0.2, -0.15) is 0 Å². The molecule has 1 aliphatic rings. The van der Waals surface area contributed by atoms with Crippen molar-refractivity contribution in [1.82, 2.24) is 19.8 Å². The molecule has 4 heteroatoms. The van der Waals surface area contributed by atoms with Crippen molar-refractivity contribution in [3.8, 4) is 5.69 Å². The van der Waals surface area contributed by atoms with Crippen LogP contribution in [0.4, 0.5) is 0 Å². The van der Waals surface area contributed by atoms with E-state index in [-0.39, 0.29) is 0 Å². The zero-order valence-corrected chi connectivity index (χ0v) is 11.3. The van der Waals surface area contributed by atoms with Crippen molar-refractivity contribution in [3.05, 3.63) is 48.5 Å². The Hall–Kier alpha value is -1.65. The van der Waals surface area contributed by atoms with Crippen molar-refractivity contribution >= 4 is 0 Å². The van der Waals surface area contributed by atoms with Crippen LogP contribution in [0.1, 0.15) is 12.2 Å². The molecule has 2 heterocycles. The monoisotopic (exact) mass is 256 g/mol. The van der Waals surface area contributed by atoms with Gasteiger partial charge in [-0.3, -0.25) is 4.90 Å². The summed E-state index contributed by atoms with van der Waals surface area (Å²) in [6.07, 6.45) is 5.14. The lowest BCUT2D eigenvalue weighted by atomic mass is 10.2. The van der Waals surface area contributed by atoms with Crippen molar-refractivity contribution in [2.24, 2.45) is 0 Å². The van der Waals surface area contributed by atoms with Gasteiger partial charge in [-0.25, -0.2) is 4.98 Å². The maximum atomic E-state index is 4.50. The molecule has 1 aromatic carbocycles. The molecular formula is C15H20N4. The molecule has 1 aliphatic heterocycles. The normalized spacial score (nSPS) is 19.2. The Labute approximate surface area is 114 Å². The lowest BCUT2D eigenvalue weighted by Crippen LogP contribution is -2.33. The Bertz CT molecular complexity index is 514. The van der Waals surface area contributed by atoms with E-state index in [1.54, 1.807) is 0 Å². The molecule has 19 heavy (non-hydrogen) atoms. The summed E-state index contributed by atoms with van der Waals surface area (Å²) in [6, 6.07) is 11.0. The molecule has 100 valence electrons. The standard InChI is InChI=1S/C15H20N4/c1-18(14-7-8-16-11-14)12-15-17-9-10-19(15)13-5-3-2-4-6-13/h2-6,9-10,14,16H,7-8,11-12H2,1H3. The minimum atomic E-state index is 0.626. The van der Waals surface area contributed by atoms with Gasteiger partial charge in [-0.05, 0) is 32.1 Å². The summed E-state index contributed by atoms with van der Waals surface area (Å²) in [5.74, 6) is 1.10. The SMILES string of the molecule is CN(Cc1nccn1-c1ccccc1)C1CCNC1. The molecule has 1 aromatic heterocycles. The summed E-state index contributed by atoms with van der Waals surface area (Å²) in [5.41, 5.74) is 1.17. The largest absolute Gasteiger partial charge is 0.315 e. The summed E-state index contributed by atoms with van der Waals surface area (Å²) < 4.78 is 2.17. The fraction of sp³-hybridized carbons (Fsp3) is 0.400. The molecule has 1 fully saturated rings. The van der Waals surface area contributed by atoms with Crippen molar-refractivity contribution in [1.29, 1.82) is 0 Å². The molecular weight excluding hydrogens is 236 g/mol. The van der Waals surface area contributed by atoms with Crippen LogP contribution in [-0.2, 0) is 6.54 Å². The van der Waals surface area contributed by atoms with Crippen molar-refractivity contribution in [2.75, 3.05) is 20.1 Å². The van der Waals surface area contributed by atoms with Crippen LogP contribution in [-0.4, -0.2) is 40.6 Å². The number of para-hydroxylation sites is 1. The fourth-order valence-corrected chi connectivity index (χ4v) is 2.64. The van der Waals surface area contributed by atoms with E-state index >= 15 is 0 Å². The first-order valence-electron chi connectivity index (χ1n) is 6.83. The third kappa shape index (κ3) is 2.69. The highest BCUT2D eigenvalue weighted by Gasteiger charge is 2.20. The van der Waals surface area contributed by atoms with Crippen molar-refractivity contribution < 1.29 is 0 Å². The molecule has 0 bridgehead atoms. The number of rotatable bonds is 4. The van der Waals surface area contributed by atoms with Crippen LogP contribution in [0.3, 0.4) is 0 Å². The second-order valence-corrected chi connectivity index (χ2v) is 5.11. The van der Waals surface area contributed by atoms with Gasteiger partial charge in [0.2, 0.25) is 0 Å². The van der Waals surface area contributed by atoms with Gasteiger partial charge in [0.05, 0.1) is 6.54 Å². The third-order valence-corrected chi connectivity index (χ3v) is 3.80. The predicted octanol–water partition coefficient (Wildman–Crippen LogP) is 1.67.